The van der Waals surface area contributed by atoms with Gasteiger partial charge in [0, 0.05) is 23.9 Å². The van der Waals surface area contributed by atoms with Crippen LogP contribution in [-0.2, 0) is 19.1 Å². The van der Waals surface area contributed by atoms with E-state index in [1.807, 2.05) is 61.5 Å². The normalized spacial score (nSPS) is 17.7. The molecule has 8 nitrogen and oxygen atoms in total. The molecule has 0 bridgehead atoms. The van der Waals surface area contributed by atoms with E-state index in [-0.39, 0.29) is 6.61 Å². The van der Waals surface area contributed by atoms with E-state index in [2.05, 4.69) is 10.3 Å². The SMILES string of the molecule is COC(=O)C1C(C)=NC(C)=C(C(=O)OCCCCCCNCC(O)COc2ccccc2)C1c1ccccc1C. The number of para-hydroxylation sites is 1. The molecule has 1 aliphatic rings. The maximum Gasteiger partial charge on any atom is 0.336 e. The number of ether oxygens (including phenoxy) is 3. The summed E-state index contributed by atoms with van der Waals surface area (Å²) in [7, 11) is 1.35. The van der Waals surface area contributed by atoms with Crippen molar-refractivity contribution in [2.75, 3.05) is 33.4 Å². The third kappa shape index (κ3) is 8.76. The van der Waals surface area contributed by atoms with Gasteiger partial charge in [-0.2, -0.15) is 0 Å². The van der Waals surface area contributed by atoms with Crippen LogP contribution in [0.25, 0.3) is 0 Å². The summed E-state index contributed by atoms with van der Waals surface area (Å²) in [6.45, 7) is 7.35. The van der Waals surface area contributed by atoms with Gasteiger partial charge in [0.15, 0.2) is 0 Å². The van der Waals surface area contributed by atoms with Gasteiger partial charge in [-0.05, 0) is 63.4 Å². The zero-order chi connectivity index (χ0) is 28.9. The van der Waals surface area contributed by atoms with Crippen LogP contribution in [0.1, 0.15) is 56.6 Å². The minimum atomic E-state index is -0.687. The molecular weight excluding hydrogens is 508 g/mol. The highest BCUT2D eigenvalue weighted by Gasteiger charge is 2.42. The van der Waals surface area contributed by atoms with Gasteiger partial charge in [0.2, 0.25) is 0 Å². The van der Waals surface area contributed by atoms with E-state index in [1.54, 1.807) is 13.8 Å². The molecule has 8 heteroatoms. The molecule has 1 heterocycles. The molecule has 3 atom stereocenters. The van der Waals surface area contributed by atoms with Crippen LogP contribution in [0.2, 0.25) is 0 Å². The van der Waals surface area contributed by atoms with Gasteiger partial charge < -0.3 is 24.6 Å². The number of nitrogens with zero attached hydrogens (tertiary/aromatic N) is 1. The number of hydrogen-bond acceptors (Lipinski definition) is 8. The quantitative estimate of drug-likeness (QED) is 0.243. The number of aliphatic hydroxyl groups is 1. The summed E-state index contributed by atoms with van der Waals surface area (Å²) in [5.41, 5.74) is 3.48. The number of aryl methyl sites for hydroxylation is 1. The number of allylic oxidation sites excluding steroid dienone is 1. The van der Waals surface area contributed by atoms with Crippen LogP contribution < -0.4 is 10.1 Å². The fraction of sp³-hybridized carbons (Fsp3) is 0.469. The highest BCUT2D eigenvalue weighted by molar-refractivity contribution is 6.07. The molecule has 3 rings (SSSR count). The van der Waals surface area contributed by atoms with Gasteiger partial charge in [-0.1, -0.05) is 55.3 Å². The fourth-order valence-electron chi connectivity index (χ4n) is 4.99. The number of carbonyl (C=O) groups is 2. The first-order chi connectivity index (χ1) is 19.3. The minimum Gasteiger partial charge on any atom is -0.491 e. The monoisotopic (exact) mass is 550 g/mol. The number of hydrogen-bond donors (Lipinski definition) is 2. The van der Waals surface area contributed by atoms with Crippen molar-refractivity contribution in [2.45, 2.75) is 58.5 Å². The number of nitrogens with one attached hydrogen (secondary N) is 1. The predicted octanol–water partition coefficient (Wildman–Crippen LogP) is 4.75. The fourth-order valence-corrected chi connectivity index (χ4v) is 4.99. The van der Waals surface area contributed by atoms with Crippen LogP contribution in [0.4, 0.5) is 0 Å². The van der Waals surface area contributed by atoms with E-state index in [0.717, 1.165) is 49.1 Å². The second-order valence-electron chi connectivity index (χ2n) is 10.1. The second kappa shape index (κ2) is 15.9. The van der Waals surface area contributed by atoms with Crippen molar-refractivity contribution < 1.29 is 28.9 Å². The molecule has 216 valence electrons. The second-order valence-corrected chi connectivity index (χ2v) is 10.1. The topological polar surface area (TPSA) is 106 Å². The number of rotatable bonds is 15. The van der Waals surface area contributed by atoms with Crippen LogP contribution in [0.5, 0.6) is 5.75 Å². The molecule has 0 amide bonds. The highest BCUT2D eigenvalue weighted by Crippen LogP contribution is 2.41. The van der Waals surface area contributed by atoms with Crippen molar-refractivity contribution in [3.8, 4) is 5.75 Å². The van der Waals surface area contributed by atoms with Gasteiger partial charge in [0.25, 0.3) is 0 Å². The molecule has 2 aromatic rings. The number of methoxy groups -OCH3 is 1. The summed E-state index contributed by atoms with van der Waals surface area (Å²) in [4.78, 5) is 30.6. The highest BCUT2D eigenvalue weighted by atomic mass is 16.5. The number of benzene rings is 2. The molecule has 2 aromatic carbocycles. The Morgan fingerprint density at radius 1 is 0.975 bits per heavy atom. The van der Waals surface area contributed by atoms with Gasteiger partial charge in [-0.15, -0.1) is 0 Å². The number of esters is 2. The van der Waals surface area contributed by atoms with Crippen molar-refractivity contribution in [1.29, 1.82) is 0 Å². The average molecular weight is 551 g/mol. The van der Waals surface area contributed by atoms with Gasteiger partial charge in [0.05, 0.1) is 19.3 Å². The Kier molecular flexibility index (Phi) is 12.4. The summed E-state index contributed by atoms with van der Waals surface area (Å²) in [6, 6.07) is 17.2. The van der Waals surface area contributed by atoms with E-state index in [1.165, 1.54) is 7.11 Å². The van der Waals surface area contributed by atoms with Gasteiger partial charge in [0.1, 0.15) is 24.4 Å². The van der Waals surface area contributed by atoms with E-state index < -0.39 is 29.9 Å². The molecule has 0 fully saturated rings. The van der Waals surface area contributed by atoms with E-state index in [4.69, 9.17) is 14.2 Å². The number of aliphatic hydroxyl groups excluding tert-OH is 1. The molecule has 0 saturated heterocycles. The molecule has 0 radical (unpaired) electrons. The van der Waals surface area contributed by atoms with Crippen molar-refractivity contribution in [3.63, 3.8) is 0 Å². The first kappa shape index (κ1) is 31.0. The van der Waals surface area contributed by atoms with Gasteiger partial charge in [-0.3, -0.25) is 9.79 Å². The third-order valence-electron chi connectivity index (χ3n) is 7.07. The molecule has 40 heavy (non-hydrogen) atoms. The van der Waals surface area contributed by atoms with Crippen molar-refractivity contribution in [1.82, 2.24) is 5.32 Å². The number of unbranched alkanes of at least 4 members (excludes halogenated alkanes) is 3. The number of aliphatic imine (C=N–C) groups is 1. The van der Waals surface area contributed by atoms with E-state index in [0.29, 0.717) is 30.1 Å². The van der Waals surface area contributed by atoms with E-state index >= 15 is 0 Å². The number of carbonyl (C=O) groups excluding carboxylic acids is 2. The maximum atomic E-state index is 13.3. The maximum absolute atomic E-state index is 13.3. The molecule has 2 N–H and O–H groups in total. The lowest BCUT2D eigenvalue weighted by atomic mass is 9.74. The van der Waals surface area contributed by atoms with Crippen LogP contribution in [0, 0.1) is 12.8 Å². The van der Waals surface area contributed by atoms with Crippen LogP contribution >= 0.6 is 0 Å². The molecule has 0 aliphatic carbocycles. The van der Waals surface area contributed by atoms with Crippen molar-refractivity contribution >= 4 is 17.7 Å². The first-order valence-electron chi connectivity index (χ1n) is 14.0. The molecule has 0 aromatic heterocycles. The molecule has 3 unspecified atom stereocenters. The first-order valence-corrected chi connectivity index (χ1v) is 14.0. The smallest absolute Gasteiger partial charge is 0.336 e. The zero-order valence-electron chi connectivity index (χ0n) is 24.0. The lowest BCUT2D eigenvalue weighted by molar-refractivity contribution is -0.144. The zero-order valence-corrected chi connectivity index (χ0v) is 24.0. The lowest BCUT2D eigenvalue weighted by Gasteiger charge is -2.32. The molecule has 0 saturated carbocycles. The summed E-state index contributed by atoms with van der Waals surface area (Å²) in [6.07, 6.45) is 3.00. The summed E-state index contributed by atoms with van der Waals surface area (Å²) < 4.78 is 16.3. The Balaban J connectivity index is 1.42. The Morgan fingerprint density at radius 3 is 2.40 bits per heavy atom. The van der Waals surface area contributed by atoms with Crippen molar-refractivity contribution in [2.24, 2.45) is 10.9 Å². The molecule has 1 aliphatic heterocycles. The van der Waals surface area contributed by atoms with Crippen LogP contribution in [0.15, 0.2) is 70.9 Å². The Hall–Kier alpha value is -3.49. The average Bonchev–Trinajstić information content (AvgIpc) is 2.95. The Morgan fingerprint density at radius 2 is 1.68 bits per heavy atom. The van der Waals surface area contributed by atoms with E-state index in [9.17, 15) is 14.7 Å². The largest absolute Gasteiger partial charge is 0.491 e. The predicted molar refractivity (Wildman–Crippen MR) is 155 cm³/mol. The van der Waals surface area contributed by atoms with Gasteiger partial charge >= 0.3 is 11.9 Å². The summed E-state index contributed by atoms with van der Waals surface area (Å²) in [5.74, 6) is -1.32. The Labute approximate surface area is 237 Å². The Bertz CT molecular complexity index is 1180. The summed E-state index contributed by atoms with van der Waals surface area (Å²) in [5, 5.41) is 13.3. The molecular formula is C32H42N2O6. The lowest BCUT2D eigenvalue weighted by Crippen LogP contribution is -2.36. The van der Waals surface area contributed by atoms with Crippen molar-refractivity contribution in [3.05, 3.63) is 77.0 Å². The third-order valence-corrected chi connectivity index (χ3v) is 7.07. The minimum absolute atomic E-state index is 0.244. The van der Waals surface area contributed by atoms with Crippen LogP contribution in [-0.4, -0.2) is 62.3 Å². The standard InChI is InChI=1S/C32H42N2O6/c1-22-14-10-11-17-27(22)30-28(31(36)38-4)23(2)34-24(3)29(30)32(37)39-19-13-6-5-12-18-33-20-25(35)21-40-26-15-8-7-9-16-26/h7-11,14-17,25,28,30,33,35H,5-6,12-13,18-21H2,1-4H3. The summed E-state index contributed by atoms with van der Waals surface area (Å²) >= 11 is 0. The molecule has 0 spiro atoms. The van der Waals surface area contributed by atoms with Crippen LogP contribution in [0.3, 0.4) is 0 Å². The van der Waals surface area contributed by atoms with Gasteiger partial charge in [-0.25, -0.2) is 4.79 Å².